The summed E-state index contributed by atoms with van der Waals surface area (Å²) < 4.78 is 21.7. The van der Waals surface area contributed by atoms with Crippen LogP contribution in [-0.4, -0.2) is 45.6 Å². The van der Waals surface area contributed by atoms with Gasteiger partial charge in [-0.1, -0.05) is 30.3 Å². The van der Waals surface area contributed by atoms with Crippen molar-refractivity contribution in [1.82, 2.24) is 5.43 Å². The van der Waals surface area contributed by atoms with Crippen LogP contribution in [0.15, 0.2) is 59.7 Å². The number of amides is 2. The number of carbonyl (C=O) groups is 2. The number of phosphoric ester groups is 1. The molecule has 6 unspecified atom stereocenters. The zero-order valence-corrected chi connectivity index (χ0v) is 17.3. The topological polar surface area (TPSA) is 138 Å². The summed E-state index contributed by atoms with van der Waals surface area (Å²) in [6, 6.07) is 15.0. The number of nitrogens with one attached hydrogen (secondary N) is 1. The monoisotopic (exact) mass is 455 g/mol. The van der Waals surface area contributed by atoms with E-state index in [0.29, 0.717) is 5.69 Å². The van der Waals surface area contributed by atoms with E-state index in [1.54, 1.807) is 0 Å². The number of benzene rings is 2. The van der Waals surface area contributed by atoms with E-state index in [4.69, 9.17) is 14.5 Å². The molecule has 0 spiro atoms. The Morgan fingerprint density at radius 2 is 1.59 bits per heavy atom. The van der Waals surface area contributed by atoms with Gasteiger partial charge in [0, 0.05) is 0 Å². The Bertz CT molecular complexity index is 1200. The van der Waals surface area contributed by atoms with E-state index in [1.165, 1.54) is 24.3 Å². The van der Waals surface area contributed by atoms with Gasteiger partial charge in [-0.05, 0) is 29.8 Å². The van der Waals surface area contributed by atoms with Crippen LogP contribution in [0, 0.1) is 17.8 Å². The average Bonchev–Trinajstić information content (AvgIpc) is 3.49. The number of nitrogens with zero attached hydrogens (tertiary/aromatic N) is 2. The van der Waals surface area contributed by atoms with Gasteiger partial charge in [0.1, 0.15) is 5.75 Å². The number of phosphoric acid groups is 1. The second kappa shape index (κ2) is 6.73. The standard InChI is InChI=1S/C21H18N3O7P/c25-20-13-14(21(26)24(20)11-6-8-12(9-7-11)31-32(27,28)29)19-17-15(18(13)30-19)16(22-23-17)10-4-2-1-3-5-10/h1-9,13-15,17-19,23H,(H2,27,28,29). The largest absolute Gasteiger partial charge is 0.524 e. The number of fused-ring (bicyclic) bond motifs is 8. The minimum atomic E-state index is -4.70. The molecule has 3 N–H and O–H groups in total. The summed E-state index contributed by atoms with van der Waals surface area (Å²) in [7, 11) is -4.70. The molecule has 2 bridgehead atoms. The van der Waals surface area contributed by atoms with E-state index in [0.717, 1.165) is 16.2 Å². The Morgan fingerprint density at radius 3 is 2.25 bits per heavy atom. The van der Waals surface area contributed by atoms with E-state index in [1.807, 2.05) is 30.3 Å². The zero-order chi connectivity index (χ0) is 22.2. The molecular formula is C21H18N3O7P. The third-order valence-corrected chi connectivity index (χ3v) is 7.00. The molecule has 10 nitrogen and oxygen atoms in total. The van der Waals surface area contributed by atoms with Gasteiger partial charge in [-0.3, -0.25) is 19.4 Å². The average molecular weight is 455 g/mol. The molecule has 4 heterocycles. The van der Waals surface area contributed by atoms with E-state index in [-0.39, 0.29) is 29.5 Å². The number of anilines is 1. The third-order valence-electron chi connectivity index (χ3n) is 6.55. The number of ether oxygens (including phenoxy) is 1. The lowest BCUT2D eigenvalue weighted by molar-refractivity contribution is -0.125. The highest BCUT2D eigenvalue weighted by Gasteiger charge is 2.71. The highest BCUT2D eigenvalue weighted by molar-refractivity contribution is 7.46. The predicted molar refractivity (Wildman–Crippen MR) is 111 cm³/mol. The summed E-state index contributed by atoms with van der Waals surface area (Å²) in [5.41, 5.74) is 5.23. The van der Waals surface area contributed by atoms with Gasteiger partial charge >= 0.3 is 7.82 Å². The van der Waals surface area contributed by atoms with Gasteiger partial charge in [0.05, 0.1) is 47.4 Å². The van der Waals surface area contributed by atoms with Crippen molar-refractivity contribution in [2.45, 2.75) is 18.2 Å². The molecule has 6 rings (SSSR count). The number of imide groups is 1. The van der Waals surface area contributed by atoms with Crippen LogP contribution in [0.5, 0.6) is 5.75 Å². The van der Waals surface area contributed by atoms with Gasteiger partial charge < -0.3 is 14.7 Å². The molecule has 11 heteroatoms. The Kier molecular flexibility index (Phi) is 4.13. The molecule has 2 amide bonds. The molecule has 0 aromatic heterocycles. The molecule has 2 aromatic rings. The third kappa shape index (κ3) is 2.77. The first-order valence-corrected chi connectivity index (χ1v) is 11.6. The highest BCUT2D eigenvalue weighted by Crippen LogP contribution is 2.54. The second-order valence-electron chi connectivity index (χ2n) is 8.25. The fraction of sp³-hybridized carbons (Fsp3) is 0.286. The van der Waals surface area contributed by atoms with Crippen LogP contribution in [-0.2, 0) is 18.9 Å². The van der Waals surface area contributed by atoms with Crippen LogP contribution in [0.25, 0.3) is 0 Å². The van der Waals surface area contributed by atoms with Gasteiger partial charge in [0.25, 0.3) is 0 Å². The molecule has 3 fully saturated rings. The van der Waals surface area contributed by atoms with Crippen molar-refractivity contribution < 1.29 is 33.2 Å². The Hall–Kier alpha value is -3.04. The fourth-order valence-electron chi connectivity index (χ4n) is 5.39. The molecular weight excluding hydrogens is 437 g/mol. The molecule has 6 atom stereocenters. The van der Waals surface area contributed by atoms with Crippen LogP contribution >= 0.6 is 7.82 Å². The first-order valence-electron chi connectivity index (χ1n) is 10.1. The minimum absolute atomic E-state index is 0.0628. The summed E-state index contributed by atoms with van der Waals surface area (Å²) in [6.07, 6.45) is -0.915. The highest BCUT2D eigenvalue weighted by atomic mass is 31.2. The zero-order valence-electron chi connectivity index (χ0n) is 16.4. The van der Waals surface area contributed by atoms with Crippen molar-refractivity contribution in [3.05, 3.63) is 60.2 Å². The summed E-state index contributed by atoms with van der Waals surface area (Å²) in [5.74, 6) is -2.07. The van der Waals surface area contributed by atoms with Crippen LogP contribution in [0.4, 0.5) is 5.69 Å². The molecule has 32 heavy (non-hydrogen) atoms. The van der Waals surface area contributed by atoms with E-state index < -0.39 is 31.9 Å². The molecule has 2 aromatic carbocycles. The molecule has 0 saturated carbocycles. The van der Waals surface area contributed by atoms with Gasteiger partial charge in [-0.25, -0.2) is 9.46 Å². The molecule has 4 aliphatic heterocycles. The second-order valence-corrected chi connectivity index (χ2v) is 9.41. The Balaban J connectivity index is 1.29. The van der Waals surface area contributed by atoms with Crippen LogP contribution in [0.2, 0.25) is 0 Å². The van der Waals surface area contributed by atoms with Gasteiger partial charge in [0.2, 0.25) is 11.8 Å². The predicted octanol–water partition coefficient (Wildman–Crippen LogP) is 1.04. The minimum Gasteiger partial charge on any atom is -0.404 e. The number of hydrazone groups is 1. The first-order chi connectivity index (χ1) is 15.3. The number of hydrogen-bond donors (Lipinski definition) is 3. The van der Waals surface area contributed by atoms with Gasteiger partial charge in [-0.15, -0.1) is 0 Å². The van der Waals surface area contributed by atoms with E-state index >= 15 is 0 Å². The van der Waals surface area contributed by atoms with Crippen LogP contribution in [0.1, 0.15) is 5.56 Å². The Labute approximate surface area is 182 Å². The quantitative estimate of drug-likeness (QED) is 0.459. The molecule has 0 aliphatic carbocycles. The van der Waals surface area contributed by atoms with Crippen molar-refractivity contribution in [2.75, 3.05) is 4.90 Å². The number of carbonyl (C=O) groups excluding carboxylic acids is 2. The van der Waals surface area contributed by atoms with Crippen LogP contribution in [0.3, 0.4) is 0 Å². The summed E-state index contributed by atoms with van der Waals surface area (Å²) in [6.45, 7) is 0. The maximum Gasteiger partial charge on any atom is 0.524 e. The Morgan fingerprint density at radius 1 is 0.938 bits per heavy atom. The molecule has 4 aliphatic rings. The maximum absolute atomic E-state index is 13.3. The first kappa shape index (κ1) is 19.6. The van der Waals surface area contributed by atoms with Crippen molar-refractivity contribution >= 4 is 31.0 Å². The molecule has 164 valence electrons. The number of hydrogen-bond acceptors (Lipinski definition) is 7. The van der Waals surface area contributed by atoms with Crippen molar-refractivity contribution in [3.63, 3.8) is 0 Å². The SMILES string of the molecule is O=C1C2C3OC(C4C(c5ccccc5)=NNC34)C2C(=O)N1c1ccc(OP(=O)(O)O)cc1. The van der Waals surface area contributed by atoms with Crippen molar-refractivity contribution in [3.8, 4) is 5.75 Å². The van der Waals surface area contributed by atoms with E-state index in [9.17, 15) is 14.2 Å². The summed E-state index contributed by atoms with van der Waals surface area (Å²) >= 11 is 0. The van der Waals surface area contributed by atoms with Crippen molar-refractivity contribution in [2.24, 2.45) is 22.9 Å². The maximum atomic E-state index is 13.3. The summed E-state index contributed by atoms with van der Waals surface area (Å²) in [5, 5.41) is 4.50. The smallest absolute Gasteiger partial charge is 0.404 e. The normalized spacial score (nSPS) is 32.6. The lowest BCUT2D eigenvalue weighted by Crippen LogP contribution is -2.48. The summed E-state index contributed by atoms with van der Waals surface area (Å²) in [4.78, 5) is 45.6. The molecule has 0 radical (unpaired) electrons. The van der Waals surface area contributed by atoms with E-state index in [2.05, 4.69) is 15.1 Å². The lowest BCUT2D eigenvalue weighted by atomic mass is 9.70. The van der Waals surface area contributed by atoms with Gasteiger partial charge in [0.15, 0.2) is 0 Å². The number of rotatable bonds is 4. The van der Waals surface area contributed by atoms with Crippen molar-refractivity contribution in [1.29, 1.82) is 0 Å². The van der Waals surface area contributed by atoms with Crippen LogP contribution < -0.4 is 14.8 Å². The lowest BCUT2D eigenvalue weighted by Gasteiger charge is -2.27. The van der Waals surface area contributed by atoms with Gasteiger partial charge in [-0.2, -0.15) is 5.10 Å². The molecule has 3 saturated heterocycles. The fourth-order valence-corrected chi connectivity index (χ4v) is 5.79.